The zero-order valence-corrected chi connectivity index (χ0v) is 24.3. The first-order valence-corrected chi connectivity index (χ1v) is 14.6. The SMILES string of the molecule is CCCCCCN(C(=O)C1OC12C=CC(C)=CC2C)c1ccccc1-c1nc2c(Cl)c(Oc3ccccc3)nn2[nH]1. The van der Waals surface area contributed by atoms with E-state index in [0.717, 1.165) is 36.9 Å². The third-order valence-electron chi connectivity index (χ3n) is 7.84. The van der Waals surface area contributed by atoms with Crippen molar-refractivity contribution in [2.24, 2.45) is 5.92 Å². The molecule has 6 rings (SSSR count). The Morgan fingerprint density at radius 3 is 2.68 bits per heavy atom. The van der Waals surface area contributed by atoms with Crippen LogP contribution in [-0.4, -0.2) is 44.0 Å². The highest BCUT2D eigenvalue weighted by Crippen LogP contribution is 2.49. The number of benzene rings is 2. The van der Waals surface area contributed by atoms with Gasteiger partial charge in [0, 0.05) is 18.0 Å². The molecule has 1 saturated heterocycles. The molecule has 0 saturated carbocycles. The molecule has 4 aromatic rings. The molecule has 1 amide bonds. The van der Waals surface area contributed by atoms with E-state index in [9.17, 15) is 4.79 Å². The van der Waals surface area contributed by atoms with Crippen molar-refractivity contribution < 1.29 is 14.3 Å². The number of allylic oxidation sites excluding steroid dienone is 2. The zero-order valence-electron chi connectivity index (χ0n) is 23.5. The summed E-state index contributed by atoms with van der Waals surface area (Å²) >= 11 is 6.63. The van der Waals surface area contributed by atoms with Crippen LogP contribution in [0.2, 0.25) is 5.02 Å². The van der Waals surface area contributed by atoms with Crippen LogP contribution in [0, 0.1) is 5.92 Å². The molecule has 1 aliphatic carbocycles. The maximum Gasteiger partial charge on any atom is 0.261 e. The fraction of sp³-hybridized carbons (Fsp3) is 0.344. The predicted molar refractivity (Wildman–Crippen MR) is 160 cm³/mol. The fourth-order valence-corrected chi connectivity index (χ4v) is 5.74. The van der Waals surface area contributed by atoms with Gasteiger partial charge in [0.1, 0.15) is 11.4 Å². The van der Waals surface area contributed by atoms with Crippen LogP contribution in [-0.2, 0) is 9.53 Å². The quantitative estimate of drug-likeness (QED) is 0.158. The normalized spacial score (nSPS) is 21.3. The van der Waals surface area contributed by atoms with Crippen LogP contribution < -0.4 is 9.64 Å². The second kappa shape index (κ2) is 11.2. The number of carbonyl (C=O) groups is 1. The van der Waals surface area contributed by atoms with Crippen LogP contribution in [0.1, 0.15) is 46.5 Å². The molecule has 2 aliphatic rings. The van der Waals surface area contributed by atoms with Crippen LogP contribution in [0.15, 0.2) is 78.4 Å². The highest BCUT2D eigenvalue weighted by Gasteiger charge is 2.63. The molecule has 1 fully saturated rings. The highest BCUT2D eigenvalue weighted by molar-refractivity contribution is 6.34. The van der Waals surface area contributed by atoms with Gasteiger partial charge < -0.3 is 14.4 Å². The number of carbonyl (C=O) groups excluding carboxylic acids is 1. The number of epoxide rings is 1. The second-order valence-electron chi connectivity index (χ2n) is 10.8. The largest absolute Gasteiger partial charge is 0.436 e. The summed E-state index contributed by atoms with van der Waals surface area (Å²) in [7, 11) is 0. The molecule has 9 heteroatoms. The van der Waals surface area contributed by atoms with Crippen molar-refractivity contribution in [3.8, 4) is 23.0 Å². The summed E-state index contributed by atoms with van der Waals surface area (Å²) in [6, 6.07) is 17.1. The first-order chi connectivity index (χ1) is 19.9. The molecule has 1 aliphatic heterocycles. The molecule has 41 heavy (non-hydrogen) atoms. The van der Waals surface area contributed by atoms with E-state index in [1.54, 1.807) is 0 Å². The highest BCUT2D eigenvalue weighted by atomic mass is 35.5. The van der Waals surface area contributed by atoms with Gasteiger partial charge in [-0.1, -0.05) is 92.8 Å². The summed E-state index contributed by atoms with van der Waals surface area (Å²) in [6.45, 7) is 6.95. The van der Waals surface area contributed by atoms with E-state index in [4.69, 9.17) is 26.1 Å². The van der Waals surface area contributed by atoms with Gasteiger partial charge in [-0.3, -0.25) is 9.89 Å². The van der Waals surface area contributed by atoms with Crippen molar-refractivity contribution in [1.82, 2.24) is 19.8 Å². The van der Waals surface area contributed by atoms with Crippen LogP contribution in [0.3, 0.4) is 0 Å². The molecule has 0 radical (unpaired) electrons. The summed E-state index contributed by atoms with van der Waals surface area (Å²) in [5, 5.41) is 8.00. The van der Waals surface area contributed by atoms with E-state index in [0.29, 0.717) is 28.8 Å². The van der Waals surface area contributed by atoms with E-state index < -0.39 is 11.7 Å². The van der Waals surface area contributed by atoms with E-state index in [1.165, 1.54) is 10.2 Å². The Morgan fingerprint density at radius 1 is 1.15 bits per heavy atom. The molecule has 1 spiro atoms. The Morgan fingerprint density at radius 2 is 1.93 bits per heavy atom. The van der Waals surface area contributed by atoms with Crippen molar-refractivity contribution >= 4 is 28.8 Å². The molecular formula is C32H34ClN5O3. The van der Waals surface area contributed by atoms with Crippen molar-refractivity contribution in [2.75, 3.05) is 11.4 Å². The maximum absolute atomic E-state index is 14.1. The average Bonchev–Trinajstić information content (AvgIpc) is 3.46. The van der Waals surface area contributed by atoms with Crippen molar-refractivity contribution in [1.29, 1.82) is 0 Å². The number of fused-ring (bicyclic) bond motifs is 1. The smallest absolute Gasteiger partial charge is 0.261 e. The van der Waals surface area contributed by atoms with Gasteiger partial charge in [-0.2, -0.15) is 0 Å². The number of nitrogens with one attached hydrogen (secondary N) is 1. The number of hydrogen-bond donors (Lipinski definition) is 1. The topological polar surface area (TPSA) is 88.1 Å². The predicted octanol–water partition coefficient (Wildman–Crippen LogP) is 7.37. The number of aromatic nitrogens is 4. The van der Waals surface area contributed by atoms with Crippen molar-refractivity contribution in [3.63, 3.8) is 0 Å². The van der Waals surface area contributed by atoms with Gasteiger partial charge in [0.15, 0.2) is 22.6 Å². The fourth-order valence-electron chi connectivity index (χ4n) is 5.54. The van der Waals surface area contributed by atoms with Gasteiger partial charge in [0.25, 0.3) is 11.8 Å². The summed E-state index contributed by atoms with van der Waals surface area (Å²) < 4.78 is 13.5. The Kier molecular flexibility index (Phi) is 7.45. The Balaban J connectivity index is 1.31. The van der Waals surface area contributed by atoms with Crippen molar-refractivity contribution in [2.45, 2.75) is 58.2 Å². The second-order valence-corrected chi connectivity index (χ2v) is 11.2. The van der Waals surface area contributed by atoms with Crippen LogP contribution in [0.5, 0.6) is 11.6 Å². The molecular weight excluding hydrogens is 538 g/mol. The van der Waals surface area contributed by atoms with Gasteiger partial charge in [-0.05, 0) is 43.7 Å². The minimum Gasteiger partial charge on any atom is -0.436 e. The van der Waals surface area contributed by atoms with E-state index in [-0.39, 0.29) is 17.7 Å². The van der Waals surface area contributed by atoms with Crippen molar-refractivity contribution in [3.05, 3.63) is 83.4 Å². The number of ether oxygens (including phenoxy) is 2. The monoisotopic (exact) mass is 571 g/mol. The Labute approximate surface area is 244 Å². The third-order valence-corrected chi connectivity index (χ3v) is 8.17. The Hall–Kier alpha value is -3.88. The summed E-state index contributed by atoms with van der Waals surface area (Å²) in [6.07, 6.45) is 9.93. The first-order valence-electron chi connectivity index (χ1n) is 14.2. The lowest BCUT2D eigenvalue weighted by Crippen LogP contribution is -2.39. The average molecular weight is 572 g/mol. The van der Waals surface area contributed by atoms with Crippen LogP contribution in [0.25, 0.3) is 17.0 Å². The zero-order chi connectivity index (χ0) is 28.6. The lowest BCUT2D eigenvalue weighted by Gasteiger charge is -2.26. The number of H-pyrrole nitrogens is 1. The third kappa shape index (κ3) is 5.18. The number of unbranched alkanes of at least 4 members (excludes halogenated alkanes) is 3. The van der Waals surface area contributed by atoms with Crippen LogP contribution >= 0.6 is 11.6 Å². The van der Waals surface area contributed by atoms with E-state index >= 15 is 0 Å². The Bertz CT molecular complexity index is 1620. The van der Waals surface area contributed by atoms with Gasteiger partial charge in [-0.25, -0.2) is 4.98 Å². The number of aromatic amines is 1. The van der Waals surface area contributed by atoms with E-state index in [2.05, 4.69) is 43.1 Å². The van der Waals surface area contributed by atoms with E-state index in [1.807, 2.05) is 65.6 Å². The number of halogens is 1. The number of amides is 1. The molecule has 1 N–H and O–H groups in total. The summed E-state index contributed by atoms with van der Waals surface area (Å²) in [5.41, 5.74) is 2.59. The first kappa shape index (κ1) is 27.3. The molecule has 3 atom stereocenters. The molecule has 2 aromatic carbocycles. The number of hydrogen-bond acceptors (Lipinski definition) is 5. The lowest BCUT2D eigenvalue weighted by atomic mass is 9.84. The summed E-state index contributed by atoms with van der Waals surface area (Å²) in [4.78, 5) is 20.7. The minimum absolute atomic E-state index is 0.0358. The number of nitrogens with zero attached hydrogens (tertiary/aromatic N) is 4. The number of rotatable bonds is 10. The van der Waals surface area contributed by atoms with Gasteiger partial charge >= 0.3 is 0 Å². The molecule has 8 nitrogen and oxygen atoms in total. The summed E-state index contributed by atoms with van der Waals surface area (Å²) in [5.74, 6) is 1.53. The molecule has 2 aromatic heterocycles. The molecule has 3 heterocycles. The molecule has 0 bridgehead atoms. The van der Waals surface area contributed by atoms with Crippen LogP contribution in [0.4, 0.5) is 5.69 Å². The van der Waals surface area contributed by atoms with Gasteiger partial charge in [0.2, 0.25) is 0 Å². The molecule has 3 unspecified atom stereocenters. The minimum atomic E-state index is -0.582. The lowest BCUT2D eigenvalue weighted by molar-refractivity contribution is -0.119. The maximum atomic E-state index is 14.1. The standard InChI is InChI=1S/C32H34ClN5O3/c1-4-5-6-12-19-37(31(39)27-32(41-27)18-17-21(2)20-22(32)3)25-16-11-10-15-24(25)28-34-29-26(33)30(36-38(29)35-28)40-23-13-8-7-9-14-23/h7-11,13-18,20,22,27H,4-6,12,19H2,1-3H3,(H,34,35). The number of para-hydroxylation sites is 2. The van der Waals surface area contributed by atoms with Gasteiger partial charge in [0.05, 0.1) is 5.69 Å². The van der Waals surface area contributed by atoms with Gasteiger partial charge in [-0.15, -0.1) is 9.73 Å². The molecule has 212 valence electrons. The number of anilines is 1.